The van der Waals surface area contributed by atoms with Crippen LogP contribution in [0.4, 0.5) is 4.79 Å². The summed E-state index contributed by atoms with van der Waals surface area (Å²) in [7, 11) is 0. The van der Waals surface area contributed by atoms with Crippen LogP contribution >= 0.6 is 0 Å². The number of hydrogen-bond acceptors (Lipinski definition) is 3. The lowest BCUT2D eigenvalue weighted by atomic mass is 9.84. The number of rotatable bonds is 5. The zero-order chi connectivity index (χ0) is 24.5. The molecule has 0 aliphatic carbocycles. The van der Waals surface area contributed by atoms with Crippen LogP contribution in [-0.2, 0) is 29.0 Å². The van der Waals surface area contributed by atoms with Gasteiger partial charge < -0.3 is 14.2 Å². The van der Waals surface area contributed by atoms with Gasteiger partial charge in [0.2, 0.25) is 5.91 Å². The third-order valence-corrected chi connectivity index (χ3v) is 7.32. The molecule has 3 heterocycles. The van der Waals surface area contributed by atoms with Crippen molar-refractivity contribution in [2.75, 3.05) is 13.1 Å². The lowest BCUT2D eigenvalue weighted by molar-refractivity contribution is -0.145. The van der Waals surface area contributed by atoms with Crippen molar-refractivity contribution in [3.8, 4) is 0 Å². The maximum atomic E-state index is 14.0. The fraction of sp³-hybridized carbons (Fsp3) is 0.643. The highest BCUT2D eigenvalue weighted by atomic mass is 16.6. The molecule has 0 N–H and O–H groups in total. The maximum Gasteiger partial charge on any atom is 0.411 e. The van der Waals surface area contributed by atoms with Gasteiger partial charge in [-0.1, -0.05) is 38.0 Å². The van der Waals surface area contributed by atoms with Crippen molar-refractivity contribution < 1.29 is 14.3 Å². The third kappa shape index (κ3) is 4.69. The van der Waals surface area contributed by atoms with Gasteiger partial charge >= 0.3 is 6.09 Å². The van der Waals surface area contributed by atoms with E-state index in [1.54, 1.807) is 4.90 Å². The van der Waals surface area contributed by atoms with Crippen molar-refractivity contribution in [1.82, 2.24) is 14.4 Å². The average Bonchev–Trinajstić information content (AvgIpc) is 3.10. The minimum Gasteiger partial charge on any atom is -0.444 e. The largest absolute Gasteiger partial charge is 0.444 e. The molecule has 2 aliphatic rings. The highest BCUT2D eigenvalue weighted by Gasteiger charge is 2.50. The molecule has 1 unspecified atom stereocenters. The summed E-state index contributed by atoms with van der Waals surface area (Å²) in [6, 6.07) is 8.48. The first-order chi connectivity index (χ1) is 16.2. The Balaban J connectivity index is 1.79. The molecule has 0 spiro atoms. The Bertz CT molecular complexity index is 1050. The molecule has 6 nitrogen and oxygen atoms in total. The molecule has 1 aromatic heterocycles. The second-order valence-electron chi connectivity index (χ2n) is 11.2. The Kier molecular flexibility index (Phi) is 6.97. The van der Waals surface area contributed by atoms with Gasteiger partial charge in [-0.3, -0.25) is 9.69 Å². The van der Waals surface area contributed by atoms with Crippen LogP contribution < -0.4 is 0 Å². The van der Waals surface area contributed by atoms with Gasteiger partial charge in [0, 0.05) is 42.7 Å². The third-order valence-electron chi connectivity index (χ3n) is 7.32. The van der Waals surface area contributed by atoms with Crippen LogP contribution in [-0.4, -0.2) is 50.6 Å². The van der Waals surface area contributed by atoms with E-state index in [9.17, 15) is 9.59 Å². The number of ether oxygens (including phenoxy) is 1. The van der Waals surface area contributed by atoms with E-state index in [0.29, 0.717) is 13.0 Å². The van der Waals surface area contributed by atoms with Crippen LogP contribution in [0.1, 0.15) is 84.4 Å². The first-order valence-electron chi connectivity index (χ1n) is 13.0. The van der Waals surface area contributed by atoms with Crippen LogP contribution in [0.3, 0.4) is 0 Å². The van der Waals surface area contributed by atoms with Crippen LogP contribution in [0, 0.1) is 0 Å². The molecule has 2 aliphatic heterocycles. The highest BCUT2D eigenvalue weighted by molar-refractivity contribution is 5.93. The number of likely N-dealkylation sites (tertiary alicyclic amines) is 1. The number of piperidine rings is 1. The topological polar surface area (TPSA) is 54.8 Å². The van der Waals surface area contributed by atoms with Crippen molar-refractivity contribution in [3.63, 3.8) is 0 Å². The number of nitrogens with zero attached hydrogens (tertiary/aromatic N) is 3. The van der Waals surface area contributed by atoms with Gasteiger partial charge in [0.15, 0.2) is 0 Å². The van der Waals surface area contributed by atoms with Gasteiger partial charge in [0.1, 0.15) is 11.1 Å². The Morgan fingerprint density at radius 2 is 1.76 bits per heavy atom. The highest BCUT2D eigenvalue weighted by Crippen LogP contribution is 2.39. The van der Waals surface area contributed by atoms with E-state index >= 15 is 0 Å². The molecule has 0 saturated carbocycles. The Morgan fingerprint density at radius 1 is 1.06 bits per heavy atom. The van der Waals surface area contributed by atoms with Crippen LogP contribution in [0.2, 0.25) is 0 Å². The van der Waals surface area contributed by atoms with E-state index in [4.69, 9.17) is 4.74 Å². The molecule has 1 atom stereocenters. The van der Waals surface area contributed by atoms with Gasteiger partial charge in [-0.25, -0.2) is 4.79 Å². The van der Waals surface area contributed by atoms with E-state index in [1.807, 2.05) is 32.6 Å². The van der Waals surface area contributed by atoms with Gasteiger partial charge in [-0.15, -0.1) is 0 Å². The van der Waals surface area contributed by atoms with Crippen molar-refractivity contribution in [3.05, 3.63) is 35.5 Å². The number of hydrogen-bond donors (Lipinski definition) is 0. The molecular weight excluding hydrogens is 426 g/mol. The summed E-state index contributed by atoms with van der Waals surface area (Å²) in [5.74, 6) is 0.0477. The minimum absolute atomic E-state index is 0.0477. The summed E-state index contributed by atoms with van der Waals surface area (Å²) in [4.78, 5) is 31.2. The molecule has 1 fully saturated rings. The molecule has 4 rings (SSSR count). The number of amides is 2. The second-order valence-corrected chi connectivity index (χ2v) is 11.2. The monoisotopic (exact) mass is 467 g/mol. The van der Waals surface area contributed by atoms with E-state index in [0.717, 1.165) is 57.4 Å². The second kappa shape index (κ2) is 9.63. The molecule has 0 radical (unpaired) electrons. The van der Waals surface area contributed by atoms with Crippen molar-refractivity contribution in [2.45, 2.75) is 104 Å². The van der Waals surface area contributed by atoms with Crippen molar-refractivity contribution in [2.24, 2.45) is 0 Å². The SMILES string of the molecule is CCCCCn1c2c(c3ccccc31)CC(C)(C(=O)N1CCCCC1)N(C(=O)OC(C)(C)C)C2. The smallest absolute Gasteiger partial charge is 0.411 e. The predicted molar refractivity (Wildman–Crippen MR) is 136 cm³/mol. The summed E-state index contributed by atoms with van der Waals surface area (Å²) in [5.41, 5.74) is 1.96. The predicted octanol–water partition coefficient (Wildman–Crippen LogP) is 5.90. The average molecular weight is 468 g/mol. The molecule has 2 amide bonds. The van der Waals surface area contributed by atoms with Gasteiger partial charge in [-0.2, -0.15) is 0 Å². The zero-order valence-electron chi connectivity index (χ0n) is 21.7. The quantitative estimate of drug-likeness (QED) is 0.515. The molecule has 1 aromatic carbocycles. The number of benzene rings is 1. The Hall–Kier alpha value is -2.50. The van der Waals surface area contributed by atoms with Crippen LogP contribution in [0.5, 0.6) is 0 Å². The maximum absolute atomic E-state index is 14.0. The van der Waals surface area contributed by atoms with E-state index < -0.39 is 17.2 Å². The lowest BCUT2D eigenvalue weighted by Gasteiger charge is -2.46. The molecule has 6 heteroatoms. The molecule has 34 heavy (non-hydrogen) atoms. The first kappa shape index (κ1) is 24.6. The minimum atomic E-state index is -0.967. The Morgan fingerprint density at radius 3 is 2.44 bits per heavy atom. The number of fused-ring (bicyclic) bond motifs is 3. The molecule has 2 aromatic rings. The molecule has 0 bridgehead atoms. The number of aryl methyl sites for hydroxylation is 1. The fourth-order valence-corrected chi connectivity index (χ4v) is 5.56. The zero-order valence-corrected chi connectivity index (χ0v) is 21.7. The fourth-order valence-electron chi connectivity index (χ4n) is 5.56. The van der Waals surface area contributed by atoms with Crippen molar-refractivity contribution >= 4 is 22.9 Å². The van der Waals surface area contributed by atoms with Gasteiger partial charge in [0.05, 0.1) is 6.54 Å². The number of unbranched alkanes of at least 4 members (excludes halogenated alkanes) is 2. The van der Waals surface area contributed by atoms with E-state index in [1.165, 1.54) is 22.9 Å². The van der Waals surface area contributed by atoms with Gasteiger partial charge in [0.25, 0.3) is 0 Å². The summed E-state index contributed by atoms with van der Waals surface area (Å²) in [6.45, 7) is 12.6. The molecular formula is C28H41N3O3. The Labute approximate surface area is 204 Å². The first-order valence-corrected chi connectivity index (χ1v) is 13.0. The van der Waals surface area contributed by atoms with Crippen molar-refractivity contribution in [1.29, 1.82) is 0 Å². The number of carbonyl (C=O) groups excluding carboxylic acids is 2. The van der Waals surface area contributed by atoms with E-state index in [-0.39, 0.29) is 5.91 Å². The van der Waals surface area contributed by atoms with Gasteiger partial charge in [-0.05, 0) is 65.0 Å². The standard InChI is InChI=1S/C28H41N3O3/c1-6-7-11-18-30-23-15-10-9-14-21(23)22-19-28(5,25(32)29-16-12-8-13-17-29)31(20-24(22)30)26(33)34-27(2,3)4/h9-10,14-15H,6-8,11-13,16-20H2,1-5H3. The summed E-state index contributed by atoms with van der Waals surface area (Å²) in [6.07, 6.45) is 6.74. The van der Waals surface area contributed by atoms with E-state index in [2.05, 4.69) is 35.8 Å². The molecule has 186 valence electrons. The molecule has 1 saturated heterocycles. The lowest BCUT2D eigenvalue weighted by Crippen LogP contribution is -2.63. The summed E-state index contributed by atoms with van der Waals surface area (Å²) >= 11 is 0. The number of para-hydroxylation sites is 1. The number of carbonyl (C=O) groups is 2. The normalized spacial score (nSPS) is 21.0. The van der Waals surface area contributed by atoms with Crippen LogP contribution in [0.25, 0.3) is 10.9 Å². The number of aromatic nitrogens is 1. The summed E-state index contributed by atoms with van der Waals surface area (Å²) < 4.78 is 8.22. The van der Waals surface area contributed by atoms with Crippen LogP contribution in [0.15, 0.2) is 24.3 Å². The summed E-state index contributed by atoms with van der Waals surface area (Å²) in [5, 5.41) is 1.20.